The molecule has 2 aromatic rings. The number of hydrogen-bond donors (Lipinski definition) is 3. The van der Waals surface area contributed by atoms with Crippen LogP contribution >= 0.6 is 15.9 Å². The summed E-state index contributed by atoms with van der Waals surface area (Å²) in [7, 11) is -0.652. The number of halogens is 1. The number of carbonyl (C=O) groups is 1. The summed E-state index contributed by atoms with van der Waals surface area (Å²) in [6.45, 7) is 6.41. The Morgan fingerprint density at radius 3 is 2.32 bits per heavy atom. The van der Waals surface area contributed by atoms with Gasteiger partial charge in [0.15, 0.2) is 14.9 Å². The number of phenolic OH excluding ortho intramolecular Hbond substituents is 1. The van der Waals surface area contributed by atoms with Crippen molar-refractivity contribution in [3.63, 3.8) is 0 Å². The summed E-state index contributed by atoms with van der Waals surface area (Å²) < 4.78 is 35.2. The van der Waals surface area contributed by atoms with Crippen LogP contribution in [-0.4, -0.2) is 48.3 Å². The quantitative estimate of drug-likeness (QED) is 0.230. The molecule has 0 saturated heterocycles. The summed E-state index contributed by atoms with van der Waals surface area (Å²) in [5.74, 6) is 0.175. The van der Waals surface area contributed by atoms with Crippen molar-refractivity contribution < 1.29 is 27.8 Å². The Bertz CT molecular complexity index is 966. The number of ether oxygens (including phenoxy) is 1. The summed E-state index contributed by atoms with van der Waals surface area (Å²) in [5, 5.41) is 13.1. The van der Waals surface area contributed by atoms with E-state index in [1.807, 2.05) is 12.1 Å². The molecule has 2 unspecified atom stereocenters. The highest BCUT2D eigenvalue weighted by molar-refractivity contribution is 9.10. The third-order valence-electron chi connectivity index (χ3n) is 5.94. The molecule has 8 nitrogen and oxygen atoms in total. The Balaban J connectivity index is 2.21. The maximum Gasteiger partial charge on any atom is 0.261 e. The molecular formula is C23H33BrN2O6SSi. The number of nitrogens with zero attached hydrogens (tertiary/aromatic N) is 1. The van der Waals surface area contributed by atoms with Crippen molar-refractivity contribution in [2.75, 3.05) is 24.5 Å². The molecule has 2 atom stereocenters. The molecule has 2 rings (SSSR count). The van der Waals surface area contributed by atoms with E-state index in [1.165, 1.54) is 13.1 Å². The molecule has 0 saturated carbocycles. The van der Waals surface area contributed by atoms with Gasteiger partial charge in [-0.3, -0.25) is 13.7 Å². The minimum absolute atomic E-state index is 0.121. The van der Waals surface area contributed by atoms with Gasteiger partial charge in [-0.25, -0.2) is 4.21 Å². The fraction of sp³-hybridized carbons (Fsp3) is 0.435. The maximum atomic E-state index is 12.5. The van der Waals surface area contributed by atoms with Gasteiger partial charge in [0.05, 0.1) is 11.8 Å². The first-order chi connectivity index (χ1) is 16.1. The van der Waals surface area contributed by atoms with Crippen LogP contribution in [0.2, 0.25) is 18.1 Å². The Morgan fingerprint density at radius 1 is 1.15 bits per heavy atom. The van der Waals surface area contributed by atoms with Gasteiger partial charge in [0.1, 0.15) is 11.5 Å². The largest absolute Gasteiger partial charge is 0.506 e. The Hall–Kier alpha value is -1.92. The number of carbonyl (C=O) groups excluding carboxylic acids is 1. The smallest absolute Gasteiger partial charge is 0.261 e. The van der Waals surface area contributed by atoms with Gasteiger partial charge in [-0.2, -0.15) is 0 Å². The third kappa shape index (κ3) is 7.81. The van der Waals surface area contributed by atoms with E-state index in [2.05, 4.69) is 42.0 Å². The average molecular weight is 574 g/mol. The van der Waals surface area contributed by atoms with Gasteiger partial charge >= 0.3 is 0 Å². The molecule has 0 aliphatic heterocycles. The molecule has 0 aliphatic carbocycles. The normalized spacial score (nSPS) is 13.2. The molecule has 0 aliphatic rings. The average Bonchev–Trinajstić information content (AvgIpc) is 2.84. The molecule has 0 aromatic heterocycles. The molecule has 11 heteroatoms. The van der Waals surface area contributed by atoms with Crippen LogP contribution < -0.4 is 14.4 Å². The Kier molecular flexibility index (Phi) is 11.0. The Morgan fingerprint density at radius 2 is 1.76 bits per heavy atom. The lowest BCUT2D eigenvalue weighted by molar-refractivity contribution is -0.123. The molecular weight excluding hydrogens is 540 g/mol. The first-order valence-corrected chi connectivity index (χ1v) is 15.5. The molecule has 0 fully saturated rings. The predicted octanol–water partition coefficient (Wildman–Crippen LogP) is 4.99. The number of hydrogen-bond acceptors (Lipinski definition) is 5. The SMILES string of the molecule is CC[Si](CC)(CC)OC(CNC(=O)COc1ccc(Br)cc1)c1ccc(O)c(N(C)S(=O)O)c1. The van der Waals surface area contributed by atoms with Gasteiger partial charge in [0.2, 0.25) is 0 Å². The topological polar surface area (TPSA) is 108 Å². The maximum absolute atomic E-state index is 12.5. The van der Waals surface area contributed by atoms with Crippen LogP contribution in [0, 0.1) is 0 Å². The van der Waals surface area contributed by atoms with Crippen molar-refractivity contribution in [2.24, 2.45) is 0 Å². The van der Waals surface area contributed by atoms with Gasteiger partial charge in [0.25, 0.3) is 17.2 Å². The number of benzene rings is 2. The lowest BCUT2D eigenvalue weighted by Gasteiger charge is -2.34. The molecule has 0 radical (unpaired) electrons. The molecule has 0 spiro atoms. The first kappa shape index (κ1) is 28.3. The number of nitrogens with one attached hydrogen (secondary N) is 1. The molecule has 2 aromatic carbocycles. The summed E-state index contributed by atoms with van der Waals surface area (Å²) in [6, 6.07) is 14.8. The summed E-state index contributed by atoms with van der Waals surface area (Å²) in [4.78, 5) is 12.5. The molecule has 34 heavy (non-hydrogen) atoms. The van der Waals surface area contributed by atoms with Gasteiger partial charge < -0.3 is 19.6 Å². The van der Waals surface area contributed by atoms with Crippen LogP contribution in [0.3, 0.4) is 0 Å². The minimum atomic E-state index is -2.30. The second kappa shape index (κ2) is 13.2. The van der Waals surface area contributed by atoms with E-state index in [0.717, 1.165) is 26.9 Å². The molecule has 1 amide bonds. The zero-order valence-corrected chi connectivity index (χ0v) is 23.3. The number of anilines is 1. The second-order valence-corrected chi connectivity index (χ2v) is 14.5. The van der Waals surface area contributed by atoms with E-state index < -0.39 is 25.7 Å². The number of amides is 1. The standard InChI is InChI=1S/C23H33BrN2O6SSi/c1-5-34(6-2,7-3)32-22(17-8-13-21(27)20(14-17)26(4)33(29)30)15-25-23(28)16-31-19-11-9-18(24)10-12-19/h8-14,22,27H,5-7,15-16H2,1-4H3,(H,25,28)(H,29,30). The van der Waals surface area contributed by atoms with E-state index >= 15 is 0 Å². The zero-order valence-electron chi connectivity index (χ0n) is 19.9. The van der Waals surface area contributed by atoms with Gasteiger partial charge in [-0.05, 0) is 60.1 Å². The van der Waals surface area contributed by atoms with E-state index in [9.17, 15) is 18.7 Å². The highest BCUT2D eigenvalue weighted by Crippen LogP contribution is 2.34. The second-order valence-electron chi connectivity index (χ2n) is 7.87. The lowest BCUT2D eigenvalue weighted by Crippen LogP contribution is -2.41. The fourth-order valence-corrected chi connectivity index (χ4v) is 6.95. The van der Waals surface area contributed by atoms with Crippen molar-refractivity contribution in [3.05, 3.63) is 52.5 Å². The number of phenols is 1. The fourth-order valence-electron chi connectivity index (χ4n) is 3.54. The van der Waals surface area contributed by atoms with E-state index in [4.69, 9.17) is 9.16 Å². The molecule has 188 valence electrons. The van der Waals surface area contributed by atoms with Crippen LogP contribution in [0.15, 0.2) is 46.9 Å². The van der Waals surface area contributed by atoms with Crippen LogP contribution in [0.4, 0.5) is 5.69 Å². The third-order valence-corrected chi connectivity index (χ3v) is 11.8. The van der Waals surface area contributed by atoms with Crippen molar-refractivity contribution in [2.45, 2.75) is 45.0 Å². The van der Waals surface area contributed by atoms with E-state index in [1.54, 1.807) is 24.3 Å². The highest BCUT2D eigenvalue weighted by Gasteiger charge is 2.33. The summed E-state index contributed by atoms with van der Waals surface area (Å²) in [5.41, 5.74) is 0.903. The monoisotopic (exact) mass is 572 g/mol. The number of rotatable bonds is 13. The van der Waals surface area contributed by atoms with E-state index in [-0.39, 0.29) is 30.5 Å². The van der Waals surface area contributed by atoms with Crippen LogP contribution in [-0.2, 0) is 20.5 Å². The molecule has 3 N–H and O–H groups in total. The van der Waals surface area contributed by atoms with Crippen LogP contribution in [0.5, 0.6) is 11.5 Å². The molecule has 0 bridgehead atoms. The van der Waals surface area contributed by atoms with Crippen molar-refractivity contribution in [1.29, 1.82) is 0 Å². The Labute approximate surface area is 213 Å². The van der Waals surface area contributed by atoms with Crippen molar-refractivity contribution in [3.8, 4) is 11.5 Å². The minimum Gasteiger partial charge on any atom is -0.506 e. The lowest BCUT2D eigenvalue weighted by atomic mass is 10.1. The summed E-state index contributed by atoms with van der Waals surface area (Å²) in [6.07, 6.45) is -0.483. The van der Waals surface area contributed by atoms with Crippen molar-refractivity contribution in [1.82, 2.24) is 5.32 Å². The molecule has 0 heterocycles. The van der Waals surface area contributed by atoms with E-state index in [0.29, 0.717) is 11.3 Å². The van der Waals surface area contributed by atoms with Gasteiger partial charge in [-0.15, -0.1) is 0 Å². The highest BCUT2D eigenvalue weighted by atomic mass is 79.9. The first-order valence-electron chi connectivity index (χ1n) is 11.1. The van der Waals surface area contributed by atoms with Crippen LogP contribution in [0.25, 0.3) is 0 Å². The zero-order chi connectivity index (χ0) is 25.3. The van der Waals surface area contributed by atoms with Gasteiger partial charge in [-0.1, -0.05) is 42.8 Å². The summed E-state index contributed by atoms with van der Waals surface area (Å²) >= 11 is 1.06. The van der Waals surface area contributed by atoms with Gasteiger partial charge in [0, 0.05) is 18.1 Å². The van der Waals surface area contributed by atoms with Crippen molar-refractivity contribution >= 4 is 47.1 Å². The van der Waals surface area contributed by atoms with Crippen LogP contribution in [0.1, 0.15) is 32.4 Å². The predicted molar refractivity (Wildman–Crippen MR) is 141 cm³/mol. The number of aromatic hydroxyl groups is 1.